The van der Waals surface area contributed by atoms with Crippen LogP contribution >= 0.6 is 12.4 Å². The van der Waals surface area contributed by atoms with Crippen LogP contribution in [0.5, 0.6) is 0 Å². The molecule has 0 amide bonds. The summed E-state index contributed by atoms with van der Waals surface area (Å²) in [7, 11) is 0. The van der Waals surface area contributed by atoms with Crippen molar-refractivity contribution in [2.45, 2.75) is 6.42 Å². The van der Waals surface area contributed by atoms with Gasteiger partial charge in [-0.05, 0) is 5.56 Å². The fourth-order valence-corrected chi connectivity index (χ4v) is 0.631. The van der Waals surface area contributed by atoms with E-state index in [2.05, 4.69) is 11.1 Å². The van der Waals surface area contributed by atoms with Gasteiger partial charge < -0.3 is 0 Å². The molecule has 0 bridgehead atoms. The minimum Gasteiger partial charge on any atom is -0.218 e. The number of nitrogens with zero attached hydrogens (tertiary/aromatic N) is 1. The van der Waals surface area contributed by atoms with Crippen LogP contribution in [0.4, 0.5) is 0 Å². The van der Waals surface area contributed by atoms with Gasteiger partial charge in [0, 0.05) is 12.1 Å². The molecule has 0 saturated heterocycles. The molecule has 0 spiro atoms. The molecule has 1 aromatic heterocycles. The number of H-pyrrole nitrogens is 1. The Bertz CT molecular complexity index is 215. The minimum atomic E-state index is 0. The number of hydrogen-bond acceptors (Lipinski definition) is 1. The Hall–Kier alpha value is -1.07. The Morgan fingerprint density at radius 2 is 2.00 bits per heavy atom. The van der Waals surface area contributed by atoms with Crippen LogP contribution < -0.4 is 4.98 Å². The third-order valence-electron chi connectivity index (χ3n) is 1.07. The van der Waals surface area contributed by atoms with E-state index in [4.69, 9.17) is 5.26 Å². The van der Waals surface area contributed by atoms with E-state index >= 15 is 0 Å². The molecule has 0 aliphatic rings. The van der Waals surface area contributed by atoms with E-state index in [9.17, 15) is 0 Å². The van der Waals surface area contributed by atoms with Gasteiger partial charge in [0.15, 0.2) is 12.4 Å². The molecule has 1 heterocycles. The van der Waals surface area contributed by atoms with Crippen molar-refractivity contribution in [2.24, 2.45) is 0 Å². The van der Waals surface area contributed by atoms with Crippen LogP contribution in [0.3, 0.4) is 0 Å². The molecule has 0 atom stereocenters. The highest BCUT2D eigenvalue weighted by Crippen LogP contribution is 1.92. The minimum absolute atomic E-state index is 0. The van der Waals surface area contributed by atoms with Crippen LogP contribution in [0.2, 0.25) is 0 Å². The maximum absolute atomic E-state index is 8.26. The second kappa shape index (κ2) is 4.78. The third kappa shape index (κ3) is 2.47. The van der Waals surface area contributed by atoms with Crippen LogP contribution in [0, 0.1) is 11.3 Å². The van der Waals surface area contributed by atoms with Crippen LogP contribution in [-0.4, -0.2) is 0 Å². The zero-order valence-corrected chi connectivity index (χ0v) is 6.19. The average molecular weight is 156 g/mol. The van der Waals surface area contributed by atoms with Crippen molar-refractivity contribution in [1.29, 1.82) is 5.26 Å². The van der Waals surface area contributed by atoms with Gasteiger partial charge in [-0.15, -0.1) is 12.4 Å². The fourth-order valence-electron chi connectivity index (χ4n) is 0.631. The van der Waals surface area contributed by atoms with Crippen molar-refractivity contribution in [3.05, 3.63) is 30.1 Å². The predicted molar refractivity (Wildman–Crippen MR) is 39.6 cm³/mol. The molecule has 1 N–H and O–H groups in total. The quantitative estimate of drug-likeness (QED) is 0.596. The Balaban J connectivity index is 0.000000810. The van der Waals surface area contributed by atoms with Gasteiger partial charge in [0.1, 0.15) is 0 Å². The molecule has 52 valence electrons. The average Bonchev–Trinajstić information content (AvgIpc) is 1.91. The highest BCUT2D eigenvalue weighted by atomic mass is 35.5. The van der Waals surface area contributed by atoms with Gasteiger partial charge >= 0.3 is 0 Å². The smallest absolute Gasteiger partial charge is 0.167 e. The lowest BCUT2D eigenvalue weighted by atomic mass is 10.2. The largest absolute Gasteiger partial charge is 0.218 e. The second-order valence-electron chi connectivity index (χ2n) is 1.74. The van der Waals surface area contributed by atoms with E-state index in [1.54, 1.807) is 0 Å². The zero-order valence-electron chi connectivity index (χ0n) is 5.37. The van der Waals surface area contributed by atoms with Crippen LogP contribution in [-0.2, 0) is 6.42 Å². The lowest BCUT2D eigenvalue weighted by molar-refractivity contribution is -0.378. The summed E-state index contributed by atoms with van der Waals surface area (Å²) < 4.78 is 0. The molecule has 0 aliphatic heterocycles. The molecule has 10 heavy (non-hydrogen) atoms. The number of aromatic amines is 1. The maximum Gasteiger partial charge on any atom is 0.167 e. The van der Waals surface area contributed by atoms with Crippen molar-refractivity contribution in [3.63, 3.8) is 0 Å². The summed E-state index contributed by atoms with van der Waals surface area (Å²) in [5.74, 6) is 0. The van der Waals surface area contributed by atoms with Crippen LogP contribution in [0.25, 0.3) is 0 Å². The molecule has 2 nitrogen and oxygen atoms in total. The van der Waals surface area contributed by atoms with Crippen LogP contribution in [0.15, 0.2) is 24.5 Å². The first-order valence-corrected chi connectivity index (χ1v) is 2.75. The molecule has 0 unspecified atom stereocenters. The predicted octanol–water partition coefficient (Wildman–Crippen LogP) is 0.989. The van der Waals surface area contributed by atoms with Gasteiger partial charge in [-0.3, -0.25) is 0 Å². The number of hydrogen-bond donors (Lipinski definition) is 0. The number of pyridine rings is 1. The van der Waals surface area contributed by atoms with Gasteiger partial charge in [0.2, 0.25) is 0 Å². The first-order chi connectivity index (χ1) is 4.43. The molecule has 0 aromatic carbocycles. The highest BCUT2D eigenvalue weighted by Gasteiger charge is 1.88. The summed E-state index contributed by atoms with van der Waals surface area (Å²) in [6, 6.07) is 5.85. The van der Waals surface area contributed by atoms with E-state index in [-0.39, 0.29) is 12.4 Å². The van der Waals surface area contributed by atoms with Gasteiger partial charge in [0.05, 0.1) is 12.5 Å². The lowest BCUT2D eigenvalue weighted by Gasteiger charge is -1.83. The van der Waals surface area contributed by atoms with Crippen molar-refractivity contribution < 1.29 is 4.98 Å². The van der Waals surface area contributed by atoms with Crippen molar-refractivity contribution in [1.82, 2.24) is 0 Å². The van der Waals surface area contributed by atoms with Crippen LogP contribution in [0.1, 0.15) is 5.56 Å². The SMILES string of the molecule is Cl.N#CCc1cc[nH+]cc1. The first kappa shape index (κ1) is 8.93. The topological polar surface area (TPSA) is 37.9 Å². The highest BCUT2D eigenvalue weighted by molar-refractivity contribution is 5.85. The normalized spacial score (nSPS) is 7.50. The Kier molecular flexibility index (Phi) is 4.26. The molecule has 1 rings (SSSR count). The monoisotopic (exact) mass is 155 g/mol. The fraction of sp³-hybridized carbons (Fsp3) is 0.143. The third-order valence-corrected chi connectivity index (χ3v) is 1.07. The Labute approximate surface area is 65.9 Å². The van der Waals surface area contributed by atoms with E-state index in [0.29, 0.717) is 6.42 Å². The summed E-state index contributed by atoms with van der Waals surface area (Å²) in [5.41, 5.74) is 1.05. The van der Waals surface area contributed by atoms with E-state index in [1.807, 2.05) is 24.5 Å². The number of nitriles is 1. The molecular formula is C7H8ClN2+. The van der Waals surface area contributed by atoms with E-state index in [0.717, 1.165) is 5.56 Å². The first-order valence-electron chi connectivity index (χ1n) is 2.75. The molecule has 3 heteroatoms. The molecule has 0 fully saturated rings. The summed E-state index contributed by atoms with van der Waals surface area (Å²) in [5, 5.41) is 8.26. The van der Waals surface area contributed by atoms with Crippen molar-refractivity contribution >= 4 is 12.4 Å². The second-order valence-corrected chi connectivity index (χ2v) is 1.74. The van der Waals surface area contributed by atoms with E-state index in [1.165, 1.54) is 0 Å². The summed E-state index contributed by atoms with van der Waals surface area (Å²) >= 11 is 0. The number of rotatable bonds is 1. The number of aromatic nitrogens is 1. The molecular weight excluding hydrogens is 148 g/mol. The lowest BCUT2D eigenvalue weighted by Crippen LogP contribution is -1.97. The number of halogens is 1. The maximum atomic E-state index is 8.26. The molecule has 0 aliphatic carbocycles. The van der Waals surface area contributed by atoms with Gasteiger partial charge in [0.25, 0.3) is 0 Å². The van der Waals surface area contributed by atoms with Crippen molar-refractivity contribution in [2.75, 3.05) is 0 Å². The summed E-state index contributed by atoms with van der Waals surface area (Å²) in [6.07, 6.45) is 4.12. The Morgan fingerprint density at radius 1 is 1.40 bits per heavy atom. The standard InChI is InChI=1S/C7H6N2.ClH/c8-4-1-7-2-5-9-6-3-7;/h2-3,5-6H,1H2;1H/p+1. The van der Waals surface area contributed by atoms with Gasteiger partial charge in [-0.25, -0.2) is 4.98 Å². The molecule has 0 radical (unpaired) electrons. The van der Waals surface area contributed by atoms with Gasteiger partial charge in [-0.2, -0.15) is 5.26 Å². The summed E-state index contributed by atoms with van der Waals surface area (Å²) in [4.78, 5) is 2.88. The zero-order chi connectivity index (χ0) is 6.53. The van der Waals surface area contributed by atoms with E-state index < -0.39 is 0 Å². The van der Waals surface area contributed by atoms with Crippen molar-refractivity contribution in [3.8, 4) is 6.07 Å². The van der Waals surface area contributed by atoms with Gasteiger partial charge in [-0.1, -0.05) is 0 Å². The number of nitrogens with one attached hydrogen (secondary N) is 1. The summed E-state index contributed by atoms with van der Waals surface area (Å²) in [6.45, 7) is 0. The Morgan fingerprint density at radius 3 is 2.50 bits per heavy atom. The molecule has 0 saturated carbocycles. The molecule has 1 aromatic rings.